The fourth-order valence-electron chi connectivity index (χ4n) is 3.28. The van der Waals surface area contributed by atoms with Crippen LogP contribution in [0.5, 0.6) is 0 Å². The first-order chi connectivity index (χ1) is 8.45. The number of rotatable bonds is 1. The summed E-state index contributed by atoms with van der Waals surface area (Å²) in [6.45, 7) is 0. The minimum atomic E-state index is 0.507. The second-order valence-corrected chi connectivity index (χ2v) is 4.71. The van der Waals surface area contributed by atoms with E-state index < -0.39 is 0 Å². The molecule has 0 aliphatic carbocycles. The van der Waals surface area contributed by atoms with Crippen molar-refractivity contribution in [3.05, 3.63) is 54.0 Å². The third-order valence-corrected chi connectivity index (χ3v) is 3.91. The van der Waals surface area contributed by atoms with E-state index in [1.54, 1.807) is 12.4 Å². The predicted molar refractivity (Wildman–Crippen MR) is 65.7 cm³/mol. The van der Waals surface area contributed by atoms with Crippen molar-refractivity contribution in [2.75, 3.05) is 4.90 Å². The molecule has 1 saturated heterocycles. The summed E-state index contributed by atoms with van der Waals surface area (Å²) in [7, 11) is 0. The van der Waals surface area contributed by atoms with Gasteiger partial charge in [-0.15, -0.1) is 0 Å². The van der Waals surface area contributed by atoms with Crippen molar-refractivity contribution in [2.24, 2.45) is 0 Å². The van der Waals surface area contributed by atoms with Gasteiger partial charge < -0.3 is 4.90 Å². The molecule has 3 heteroatoms. The van der Waals surface area contributed by atoms with E-state index in [9.17, 15) is 0 Å². The van der Waals surface area contributed by atoms with Gasteiger partial charge in [-0.3, -0.25) is 4.98 Å². The van der Waals surface area contributed by atoms with E-state index >= 15 is 0 Å². The van der Waals surface area contributed by atoms with Crippen molar-refractivity contribution in [1.82, 2.24) is 9.97 Å². The molecule has 1 aromatic heterocycles. The van der Waals surface area contributed by atoms with Crippen LogP contribution >= 0.6 is 0 Å². The SMILES string of the molecule is c1ccc2c(c1)C1CCC2N1c1cnccn1. The zero-order valence-corrected chi connectivity index (χ0v) is 9.45. The fraction of sp³-hybridized carbons (Fsp3) is 0.286. The maximum Gasteiger partial charge on any atom is 0.148 e. The number of anilines is 1. The Hall–Kier alpha value is -1.90. The Morgan fingerprint density at radius 2 is 1.71 bits per heavy atom. The number of hydrogen-bond donors (Lipinski definition) is 0. The summed E-state index contributed by atoms with van der Waals surface area (Å²) >= 11 is 0. The molecular formula is C14H13N3. The Morgan fingerprint density at radius 3 is 2.29 bits per heavy atom. The van der Waals surface area contributed by atoms with Crippen LogP contribution < -0.4 is 4.90 Å². The number of benzene rings is 1. The van der Waals surface area contributed by atoms with Crippen LogP contribution in [-0.2, 0) is 0 Å². The number of aromatic nitrogens is 2. The Labute approximate surface area is 100 Å². The zero-order chi connectivity index (χ0) is 11.2. The van der Waals surface area contributed by atoms with Gasteiger partial charge in [0.2, 0.25) is 0 Å². The second kappa shape index (κ2) is 3.29. The maximum absolute atomic E-state index is 4.45. The fourth-order valence-corrected chi connectivity index (χ4v) is 3.28. The lowest BCUT2D eigenvalue weighted by atomic mass is 9.92. The monoisotopic (exact) mass is 223 g/mol. The van der Waals surface area contributed by atoms with Gasteiger partial charge in [-0.1, -0.05) is 24.3 Å². The predicted octanol–water partition coefficient (Wildman–Crippen LogP) is 2.87. The van der Waals surface area contributed by atoms with Gasteiger partial charge in [-0.2, -0.15) is 0 Å². The van der Waals surface area contributed by atoms with Crippen molar-refractivity contribution >= 4 is 5.82 Å². The Kier molecular flexibility index (Phi) is 1.78. The van der Waals surface area contributed by atoms with E-state index in [-0.39, 0.29) is 0 Å². The van der Waals surface area contributed by atoms with E-state index in [2.05, 4.69) is 39.1 Å². The molecule has 2 aliphatic heterocycles. The van der Waals surface area contributed by atoms with Gasteiger partial charge in [0.15, 0.2) is 0 Å². The molecule has 4 rings (SSSR count). The van der Waals surface area contributed by atoms with E-state index in [0.717, 1.165) is 5.82 Å². The first-order valence-corrected chi connectivity index (χ1v) is 6.08. The lowest BCUT2D eigenvalue weighted by Crippen LogP contribution is -2.19. The maximum atomic E-state index is 4.45. The average molecular weight is 223 g/mol. The van der Waals surface area contributed by atoms with E-state index in [0.29, 0.717) is 12.1 Å². The summed E-state index contributed by atoms with van der Waals surface area (Å²) < 4.78 is 0. The molecule has 17 heavy (non-hydrogen) atoms. The molecule has 0 amide bonds. The molecule has 0 radical (unpaired) electrons. The first-order valence-electron chi connectivity index (χ1n) is 6.08. The molecule has 2 bridgehead atoms. The van der Waals surface area contributed by atoms with E-state index in [1.807, 2.05) is 6.20 Å². The largest absolute Gasteiger partial charge is 0.341 e. The summed E-state index contributed by atoms with van der Waals surface area (Å²) in [5.41, 5.74) is 2.96. The van der Waals surface area contributed by atoms with Gasteiger partial charge in [-0.25, -0.2) is 4.98 Å². The van der Waals surface area contributed by atoms with Crippen LogP contribution in [0, 0.1) is 0 Å². The van der Waals surface area contributed by atoms with Gasteiger partial charge in [-0.05, 0) is 24.0 Å². The lowest BCUT2D eigenvalue weighted by molar-refractivity contribution is 0.717. The second-order valence-electron chi connectivity index (χ2n) is 4.71. The van der Waals surface area contributed by atoms with Crippen molar-refractivity contribution < 1.29 is 0 Å². The normalized spacial score (nSPS) is 25.1. The van der Waals surface area contributed by atoms with Gasteiger partial charge >= 0.3 is 0 Å². The zero-order valence-electron chi connectivity index (χ0n) is 9.45. The van der Waals surface area contributed by atoms with Gasteiger partial charge in [0.1, 0.15) is 5.82 Å². The molecule has 2 unspecified atom stereocenters. The minimum Gasteiger partial charge on any atom is -0.341 e. The first kappa shape index (κ1) is 9.16. The van der Waals surface area contributed by atoms with Gasteiger partial charge in [0, 0.05) is 12.4 Å². The van der Waals surface area contributed by atoms with Crippen LogP contribution in [0.3, 0.4) is 0 Å². The van der Waals surface area contributed by atoms with Gasteiger partial charge in [0.05, 0.1) is 18.3 Å². The molecule has 3 heterocycles. The molecular weight excluding hydrogens is 210 g/mol. The third kappa shape index (κ3) is 1.16. The van der Waals surface area contributed by atoms with Crippen LogP contribution in [0.15, 0.2) is 42.9 Å². The summed E-state index contributed by atoms with van der Waals surface area (Å²) in [5, 5.41) is 0. The number of fused-ring (bicyclic) bond motifs is 5. The summed E-state index contributed by atoms with van der Waals surface area (Å²) in [6.07, 6.45) is 7.85. The van der Waals surface area contributed by atoms with Crippen LogP contribution in [-0.4, -0.2) is 9.97 Å². The molecule has 2 aromatic rings. The topological polar surface area (TPSA) is 29.0 Å². The van der Waals surface area contributed by atoms with Crippen LogP contribution in [0.2, 0.25) is 0 Å². The van der Waals surface area contributed by atoms with Crippen LogP contribution in [0.25, 0.3) is 0 Å². The highest BCUT2D eigenvalue weighted by Crippen LogP contribution is 2.53. The molecule has 84 valence electrons. The number of hydrogen-bond acceptors (Lipinski definition) is 3. The van der Waals surface area contributed by atoms with E-state index in [1.165, 1.54) is 24.0 Å². The van der Waals surface area contributed by atoms with Gasteiger partial charge in [0.25, 0.3) is 0 Å². The Morgan fingerprint density at radius 1 is 1.00 bits per heavy atom. The molecule has 1 aromatic carbocycles. The Balaban J connectivity index is 1.84. The van der Waals surface area contributed by atoms with E-state index in [4.69, 9.17) is 0 Å². The molecule has 0 N–H and O–H groups in total. The third-order valence-electron chi connectivity index (χ3n) is 3.91. The summed E-state index contributed by atoms with van der Waals surface area (Å²) in [5.74, 6) is 1.01. The molecule has 2 aliphatic rings. The summed E-state index contributed by atoms with van der Waals surface area (Å²) in [6, 6.07) is 9.79. The van der Waals surface area contributed by atoms with Crippen LogP contribution in [0.4, 0.5) is 5.82 Å². The number of nitrogens with zero attached hydrogens (tertiary/aromatic N) is 3. The molecule has 3 nitrogen and oxygen atoms in total. The molecule has 1 fully saturated rings. The highest BCUT2D eigenvalue weighted by Gasteiger charge is 2.44. The van der Waals surface area contributed by atoms with Crippen molar-refractivity contribution in [2.45, 2.75) is 24.9 Å². The Bertz CT molecular complexity index is 521. The van der Waals surface area contributed by atoms with Crippen molar-refractivity contribution in [3.63, 3.8) is 0 Å². The highest BCUT2D eigenvalue weighted by molar-refractivity contribution is 5.55. The molecule has 0 saturated carbocycles. The molecule has 0 spiro atoms. The average Bonchev–Trinajstić information content (AvgIpc) is 2.97. The minimum absolute atomic E-state index is 0.507. The van der Waals surface area contributed by atoms with Crippen molar-refractivity contribution in [3.8, 4) is 0 Å². The summed E-state index contributed by atoms with van der Waals surface area (Å²) in [4.78, 5) is 11.1. The quantitative estimate of drug-likeness (QED) is 0.744. The standard InChI is InChI=1S/C14H13N3/c1-2-4-11-10(3-1)12-5-6-13(11)17(12)14-9-15-7-8-16-14/h1-4,7-9,12-13H,5-6H2. The van der Waals surface area contributed by atoms with Crippen LogP contribution in [0.1, 0.15) is 36.1 Å². The lowest BCUT2D eigenvalue weighted by Gasteiger charge is -2.22. The molecule has 2 atom stereocenters. The van der Waals surface area contributed by atoms with Crippen molar-refractivity contribution in [1.29, 1.82) is 0 Å². The smallest absolute Gasteiger partial charge is 0.148 e. The highest BCUT2D eigenvalue weighted by atomic mass is 15.3.